The van der Waals surface area contributed by atoms with Crippen molar-refractivity contribution < 1.29 is 17.9 Å². The molecule has 0 amide bonds. The van der Waals surface area contributed by atoms with Crippen molar-refractivity contribution >= 4 is 27.4 Å². The van der Waals surface area contributed by atoms with Crippen molar-refractivity contribution in [2.45, 2.75) is 43.1 Å². The number of halogens is 1. The van der Waals surface area contributed by atoms with E-state index in [2.05, 4.69) is 0 Å². The lowest BCUT2D eigenvalue weighted by atomic mass is 9.98. The Morgan fingerprint density at radius 2 is 1.90 bits per heavy atom. The fourth-order valence-corrected chi connectivity index (χ4v) is 3.13. The summed E-state index contributed by atoms with van der Waals surface area (Å²) in [6, 6.07) is 4.08. The molecule has 20 heavy (non-hydrogen) atoms. The molecule has 1 saturated carbocycles. The fourth-order valence-electron chi connectivity index (χ4n) is 2.29. The van der Waals surface area contributed by atoms with Gasteiger partial charge in [-0.2, -0.15) is 0 Å². The minimum absolute atomic E-state index is 0.0671. The van der Waals surface area contributed by atoms with Crippen LogP contribution in [0.15, 0.2) is 23.1 Å². The van der Waals surface area contributed by atoms with Gasteiger partial charge < -0.3 is 4.74 Å². The normalized spacial score (nSPS) is 16.9. The molecule has 1 fully saturated rings. The van der Waals surface area contributed by atoms with E-state index in [0.29, 0.717) is 0 Å². The third kappa shape index (κ3) is 3.73. The summed E-state index contributed by atoms with van der Waals surface area (Å²) in [5, 5.41) is 0.207. The Hall–Kier alpha value is -1.07. The van der Waals surface area contributed by atoms with Crippen LogP contribution in [0.25, 0.3) is 0 Å². The topological polar surface area (TPSA) is 60.4 Å². The fraction of sp³-hybridized carbons (Fsp3) is 0.500. The summed E-state index contributed by atoms with van der Waals surface area (Å²) in [6.07, 6.45) is 5.98. The van der Waals surface area contributed by atoms with E-state index in [1.54, 1.807) is 0 Å². The minimum Gasteiger partial charge on any atom is -0.459 e. The van der Waals surface area contributed by atoms with Gasteiger partial charge in [-0.15, -0.1) is 0 Å². The maximum Gasteiger partial charge on any atom is 0.339 e. The average Bonchev–Trinajstić information content (AvgIpc) is 2.39. The molecule has 110 valence electrons. The van der Waals surface area contributed by atoms with E-state index in [1.807, 2.05) is 0 Å². The Bertz CT molecular complexity index is 604. The van der Waals surface area contributed by atoms with Gasteiger partial charge in [-0.3, -0.25) is 0 Å². The second kappa shape index (κ2) is 6.14. The maximum absolute atomic E-state index is 12.1. The number of ether oxygens (including phenoxy) is 1. The van der Waals surface area contributed by atoms with E-state index in [0.717, 1.165) is 31.9 Å². The molecule has 0 N–H and O–H groups in total. The number of esters is 1. The van der Waals surface area contributed by atoms with Crippen molar-refractivity contribution in [3.05, 3.63) is 28.8 Å². The number of carbonyl (C=O) groups is 1. The highest BCUT2D eigenvalue weighted by molar-refractivity contribution is 7.90. The highest BCUT2D eigenvalue weighted by Gasteiger charge is 2.21. The van der Waals surface area contributed by atoms with Gasteiger partial charge in [-0.1, -0.05) is 18.0 Å². The van der Waals surface area contributed by atoms with Crippen molar-refractivity contribution in [2.24, 2.45) is 0 Å². The minimum atomic E-state index is -3.38. The molecule has 1 aliphatic carbocycles. The number of rotatable bonds is 3. The molecule has 0 bridgehead atoms. The second-order valence-corrected chi connectivity index (χ2v) is 7.50. The lowest BCUT2D eigenvalue weighted by molar-refractivity contribution is 0.0211. The van der Waals surface area contributed by atoms with Crippen molar-refractivity contribution in [2.75, 3.05) is 6.26 Å². The average molecular weight is 317 g/mol. The summed E-state index contributed by atoms with van der Waals surface area (Å²) in [5.74, 6) is -0.549. The van der Waals surface area contributed by atoms with Crippen LogP contribution in [0.5, 0.6) is 0 Å². The van der Waals surface area contributed by atoms with Crippen LogP contribution in [0, 0.1) is 0 Å². The molecular formula is C14H17ClO4S. The molecule has 0 atom stereocenters. The number of sulfone groups is 1. The van der Waals surface area contributed by atoms with Crippen LogP contribution >= 0.6 is 11.6 Å². The molecule has 0 heterocycles. The first kappa shape index (κ1) is 15.3. The molecule has 1 aliphatic rings. The Kier molecular flexibility index (Phi) is 4.70. The van der Waals surface area contributed by atoms with Crippen LogP contribution < -0.4 is 0 Å². The van der Waals surface area contributed by atoms with E-state index in [1.165, 1.54) is 24.6 Å². The summed E-state index contributed by atoms with van der Waals surface area (Å²) in [7, 11) is -3.38. The van der Waals surface area contributed by atoms with Crippen LogP contribution in [-0.4, -0.2) is 26.7 Å². The first-order chi connectivity index (χ1) is 9.38. The molecule has 0 aliphatic heterocycles. The van der Waals surface area contributed by atoms with Crippen molar-refractivity contribution in [1.29, 1.82) is 0 Å². The van der Waals surface area contributed by atoms with Gasteiger partial charge in [0.05, 0.1) is 15.5 Å². The summed E-state index contributed by atoms with van der Waals surface area (Å²) < 4.78 is 28.4. The highest BCUT2D eigenvalue weighted by Crippen LogP contribution is 2.25. The molecule has 0 saturated heterocycles. The van der Waals surface area contributed by atoms with E-state index < -0.39 is 15.8 Å². The predicted molar refractivity (Wildman–Crippen MR) is 76.9 cm³/mol. The summed E-state index contributed by atoms with van der Waals surface area (Å²) in [4.78, 5) is 12.2. The van der Waals surface area contributed by atoms with Gasteiger partial charge >= 0.3 is 5.97 Å². The van der Waals surface area contributed by atoms with Crippen LogP contribution in [-0.2, 0) is 14.6 Å². The standard InChI is InChI=1S/C14H17ClO4S/c1-20(17,18)11-7-8-13(15)12(9-11)14(16)19-10-5-3-2-4-6-10/h7-10H,2-6H2,1H3. The Balaban J connectivity index is 2.20. The molecule has 0 radical (unpaired) electrons. The highest BCUT2D eigenvalue weighted by atomic mass is 35.5. The largest absolute Gasteiger partial charge is 0.459 e. The predicted octanol–water partition coefficient (Wildman–Crippen LogP) is 3.23. The molecular weight excluding hydrogens is 300 g/mol. The van der Waals surface area contributed by atoms with E-state index >= 15 is 0 Å². The third-order valence-electron chi connectivity index (χ3n) is 3.41. The zero-order chi connectivity index (χ0) is 14.8. The number of benzene rings is 1. The first-order valence-electron chi connectivity index (χ1n) is 6.58. The number of carbonyl (C=O) groups excluding carboxylic acids is 1. The zero-order valence-corrected chi connectivity index (χ0v) is 12.8. The van der Waals surface area contributed by atoms with Crippen LogP contribution in [0.1, 0.15) is 42.5 Å². The summed E-state index contributed by atoms with van der Waals surface area (Å²) >= 11 is 5.96. The van der Waals surface area contributed by atoms with Gasteiger partial charge in [0.2, 0.25) is 0 Å². The van der Waals surface area contributed by atoms with Crippen LogP contribution in [0.4, 0.5) is 0 Å². The van der Waals surface area contributed by atoms with Crippen LogP contribution in [0.3, 0.4) is 0 Å². The number of hydrogen-bond donors (Lipinski definition) is 0. The quantitative estimate of drug-likeness (QED) is 0.803. The molecule has 0 spiro atoms. The Morgan fingerprint density at radius 3 is 2.50 bits per heavy atom. The van der Waals surface area contributed by atoms with Crippen LogP contribution in [0.2, 0.25) is 5.02 Å². The van der Waals surface area contributed by atoms with Gasteiger partial charge in [-0.05, 0) is 43.9 Å². The van der Waals surface area contributed by atoms with Gasteiger partial charge in [0.15, 0.2) is 9.84 Å². The molecule has 0 unspecified atom stereocenters. The summed E-state index contributed by atoms with van der Waals surface area (Å²) in [5.41, 5.74) is 0.111. The SMILES string of the molecule is CS(=O)(=O)c1ccc(Cl)c(C(=O)OC2CCCCC2)c1. The zero-order valence-electron chi connectivity index (χ0n) is 11.3. The molecule has 1 aromatic carbocycles. The van der Waals surface area contributed by atoms with Gasteiger partial charge in [0.1, 0.15) is 6.10 Å². The maximum atomic E-state index is 12.1. The van der Waals surface area contributed by atoms with E-state index in [-0.39, 0.29) is 21.6 Å². The smallest absolute Gasteiger partial charge is 0.339 e. The molecule has 1 aromatic rings. The lowest BCUT2D eigenvalue weighted by Gasteiger charge is -2.22. The molecule has 0 aromatic heterocycles. The van der Waals surface area contributed by atoms with E-state index in [9.17, 15) is 13.2 Å². The van der Waals surface area contributed by atoms with Crippen molar-refractivity contribution in [3.63, 3.8) is 0 Å². The molecule has 2 rings (SSSR count). The molecule has 6 heteroatoms. The Labute approximate surface area is 124 Å². The van der Waals surface area contributed by atoms with Crippen molar-refractivity contribution in [1.82, 2.24) is 0 Å². The van der Waals surface area contributed by atoms with E-state index in [4.69, 9.17) is 16.3 Å². The van der Waals surface area contributed by atoms with Crippen molar-refractivity contribution in [3.8, 4) is 0 Å². The lowest BCUT2D eigenvalue weighted by Crippen LogP contribution is -2.21. The third-order valence-corrected chi connectivity index (χ3v) is 4.85. The Morgan fingerprint density at radius 1 is 1.25 bits per heavy atom. The molecule has 4 nitrogen and oxygen atoms in total. The second-order valence-electron chi connectivity index (χ2n) is 5.08. The van der Waals surface area contributed by atoms with Gasteiger partial charge in [0, 0.05) is 6.26 Å². The first-order valence-corrected chi connectivity index (χ1v) is 8.85. The van der Waals surface area contributed by atoms with Gasteiger partial charge in [-0.25, -0.2) is 13.2 Å². The monoisotopic (exact) mass is 316 g/mol. The van der Waals surface area contributed by atoms with Gasteiger partial charge in [0.25, 0.3) is 0 Å². The number of hydrogen-bond acceptors (Lipinski definition) is 4. The summed E-state index contributed by atoms with van der Waals surface area (Å²) in [6.45, 7) is 0.